The predicted molar refractivity (Wildman–Crippen MR) is 132 cm³/mol. The van der Waals surface area contributed by atoms with Crippen LogP contribution in [0.4, 0.5) is 10.5 Å². The van der Waals surface area contributed by atoms with Crippen molar-refractivity contribution in [2.75, 3.05) is 18.6 Å². The van der Waals surface area contributed by atoms with Crippen LogP contribution in [0.1, 0.15) is 51.0 Å². The number of halogens is 1. The number of urea groups is 1. The number of unbranched alkanes of at least 4 members (excludes halogenated alkanes) is 5. The van der Waals surface area contributed by atoms with Gasteiger partial charge in [0.1, 0.15) is 17.1 Å². The largest absolute Gasteiger partial charge is 0.497 e. The van der Waals surface area contributed by atoms with E-state index in [0.29, 0.717) is 34.4 Å². The fraction of sp³-hybridized carbons (Fsp3) is 0.346. The smallest absolute Gasteiger partial charge is 0.335 e. The topological polar surface area (TPSA) is 84.9 Å². The zero-order valence-corrected chi connectivity index (χ0v) is 20.2. The van der Waals surface area contributed by atoms with Crippen LogP contribution in [0.15, 0.2) is 48.0 Å². The van der Waals surface area contributed by atoms with Crippen molar-refractivity contribution in [3.05, 3.63) is 58.6 Å². The van der Waals surface area contributed by atoms with Crippen LogP contribution >= 0.6 is 11.6 Å². The average Bonchev–Trinajstić information content (AvgIpc) is 2.82. The number of ether oxygens (including phenoxy) is 2. The number of hydrogen-bond donors (Lipinski definition) is 1. The van der Waals surface area contributed by atoms with Crippen molar-refractivity contribution in [3.8, 4) is 11.5 Å². The zero-order chi connectivity index (χ0) is 24.5. The number of nitrogens with zero attached hydrogens (tertiary/aromatic N) is 1. The molecule has 2 aromatic carbocycles. The van der Waals surface area contributed by atoms with Gasteiger partial charge in [-0.3, -0.25) is 14.9 Å². The second-order valence-corrected chi connectivity index (χ2v) is 8.39. The molecule has 0 radical (unpaired) electrons. The number of carbonyl (C=O) groups is 3. The van der Waals surface area contributed by atoms with E-state index in [4.69, 9.17) is 21.1 Å². The quantitative estimate of drug-likeness (QED) is 0.249. The van der Waals surface area contributed by atoms with Crippen LogP contribution < -0.4 is 19.7 Å². The summed E-state index contributed by atoms with van der Waals surface area (Å²) in [6.07, 6.45) is 8.21. The summed E-state index contributed by atoms with van der Waals surface area (Å²) in [5.41, 5.74) is 0.607. The maximum Gasteiger partial charge on any atom is 0.335 e. The number of rotatable bonds is 11. The molecule has 0 atom stereocenters. The molecule has 1 saturated heterocycles. The van der Waals surface area contributed by atoms with Gasteiger partial charge >= 0.3 is 6.03 Å². The van der Waals surface area contributed by atoms with E-state index in [2.05, 4.69) is 12.2 Å². The Hall–Kier alpha value is -3.32. The number of barbiturate groups is 1. The lowest BCUT2D eigenvalue weighted by Crippen LogP contribution is -2.54. The van der Waals surface area contributed by atoms with Gasteiger partial charge in [-0.1, -0.05) is 50.6 Å². The molecule has 0 aliphatic carbocycles. The Morgan fingerprint density at radius 3 is 2.38 bits per heavy atom. The molecular formula is C26H29ClN2O5. The second kappa shape index (κ2) is 12.2. The highest BCUT2D eigenvalue weighted by Crippen LogP contribution is 2.28. The minimum absolute atomic E-state index is 0.192. The SMILES string of the molecule is CCCCCCCCOc1ccc(Cl)cc1/C=C1\C(=O)NC(=O)N(c2ccc(OC)cc2)C1=O. The Morgan fingerprint density at radius 2 is 1.68 bits per heavy atom. The minimum atomic E-state index is -0.817. The molecule has 0 saturated carbocycles. The lowest BCUT2D eigenvalue weighted by molar-refractivity contribution is -0.122. The highest BCUT2D eigenvalue weighted by atomic mass is 35.5. The Kier molecular flexibility index (Phi) is 9.10. The summed E-state index contributed by atoms with van der Waals surface area (Å²) in [6, 6.07) is 10.6. The molecule has 0 unspecified atom stereocenters. The van der Waals surface area contributed by atoms with Crippen LogP contribution in [0.25, 0.3) is 6.08 Å². The molecule has 4 amide bonds. The van der Waals surface area contributed by atoms with Gasteiger partial charge in [0.2, 0.25) is 0 Å². The van der Waals surface area contributed by atoms with Gasteiger partial charge in [0.25, 0.3) is 11.8 Å². The summed E-state index contributed by atoms with van der Waals surface area (Å²) < 4.78 is 11.0. The van der Waals surface area contributed by atoms with E-state index in [1.165, 1.54) is 38.9 Å². The molecule has 0 bridgehead atoms. The van der Waals surface area contributed by atoms with E-state index in [-0.39, 0.29) is 5.57 Å². The number of carbonyl (C=O) groups excluding carboxylic acids is 3. The van der Waals surface area contributed by atoms with Gasteiger partial charge in [0.15, 0.2) is 0 Å². The molecule has 2 aromatic rings. The van der Waals surface area contributed by atoms with Gasteiger partial charge < -0.3 is 9.47 Å². The highest BCUT2D eigenvalue weighted by molar-refractivity contribution is 6.39. The first-order valence-corrected chi connectivity index (χ1v) is 11.8. The molecule has 0 aromatic heterocycles. The van der Waals surface area contributed by atoms with Crippen molar-refractivity contribution in [1.29, 1.82) is 0 Å². The maximum absolute atomic E-state index is 13.2. The summed E-state index contributed by atoms with van der Waals surface area (Å²) in [5, 5.41) is 2.66. The predicted octanol–water partition coefficient (Wildman–Crippen LogP) is 5.75. The van der Waals surface area contributed by atoms with Gasteiger partial charge in [-0.15, -0.1) is 0 Å². The third-order valence-electron chi connectivity index (χ3n) is 5.46. The van der Waals surface area contributed by atoms with Gasteiger partial charge in [0, 0.05) is 10.6 Å². The Labute approximate surface area is 204 Å². The van der Waals surface area contributed by atoms with Crippen LogP contribution in [0.2, 0.25) is 5.02 Å². The molecule has 180 valence electrons. The molecule has 1 aliphatic rings. The molecule has 8 heteroatoms. The molecular weight excluding hydrogens is 456 g/mol. The molecule has 7 nitrogen and oxygen atoms in total. The Bertz CT molecular complexity index is 1070. The van der Waals surface area contributed by atoms with E-state index in [0.717, 1.165) is 17.7 Å². The highest BCUT2D eigenvalue weighted by Gasteiger charge is 2.37. The number of amides is 4. The van der Waals surface area contributed by atoms with Crippen molar-refractivity contribution in [2.45, 2.75) is 45.4 Å². The van der Waals surface area contributed by atoms with Crippen LogP contribution in [-0.2, 0) is 9.59 Å². The molecule has 3 rings (SSSR count). The number of anilines is 1. The van der Waals surface area contributed by atoms with Gasteiger partial charge in [0.05, 0.1) is 19.4 Å². The summed E-state index contributed by atoms with van der Waals surface area (Å²) in [6.45, 7) is 2.70. The van der Waals surface area contributed by atoms with Crippen LogP contribution in [0.3, 0.4) is 0 Å². The third kappa shape index (κ3) is 6.38. The van der Waals surface area contributed by atoms with Gasteiger partial charge in [-0.05, 0) is 55.0 Å². The first-order valence-electron chi connectivity index (χ1n) is 11.4. The Morgan fingerprint density at radius 1 is 0.971 bits per heavy atom. The molecule has 1 fully saturated rings. The van der Waals surface area contributed by atoms with E-state index >= 15 is 0 Å². The van der Waals surface area contributed by atoms with Gasteiger partial charge in [-0.2, -0.15) is 0 Å². The zero-order valence-electron chi connectivity index (χ0n) is 19.4. The van der Waals surface area contributed by atoms with Crippen molar-refractivity contribution < 1.29 is 23.9 Å². The summed E-state index contributed by atoms with van der Waals surface area (Å²) in [4.78, 5) is 39.0. The average molecular weight is 485 g/mol. The lowest BCUT2D eigenvalue weighted by atomic mass is 10.1. The van der Waals surface area contributed by atoms with Crippen LogP contribution in [0.5, 0.6) is 11.5 Å². The Balaban J connectivity index is 1.79. The first-order chi connectivity index (χ1) is 16.4. The molecule has 1 aliphatic heterocycles. The summed E-state index contributed by atoms with van der Waals surface area (Å²) in [7, 11) is 1.52. The molecule has 0 spiro atoms. The van der Waals surface area contributed by atoms with Gasteiger partial charge in [-0.25, -0.2) is 9.69 Å². The maximum atomic E-state index is 13.2. The fourth-order valence-electron chi connectivity index (χ4n) is 3.61. The number of hydrogen-bond acceptors (Lipinski definition) is 5. The summed E-state index contributed by atoms with van der Waals surface area (Å²) in [5.74, 6) is -0.423. The van der Waals surface area contributed by atoms with Crippen molar-refractivity contribution in [3.63, 3.8) is 0 Å². The monoisotopic (exact) mass is 484 g/mol. The number of benzene rings is 2. The van der Waals surface area contributed by atoms with E-state index in [1.807, 2.05) is 0 Å². The number of imide groups is 2. The van der Waals surface area contributed by atoms with Crippen molar-refractivity contribution >= 4 is 41.2 Å². The number of methoxy groups -OCH3 is 1. The van der Waals surface area contributed by atoms with Crippen LogP contribution in [0, 0.1) is 0 Å². The van der Waals surface area contributed by atoms with E-state index < -0.39 is 17.8 Å². The van der Waals surface area contributed by atoms with E-state index in [9.17, 15) is 14.4 Å². The van der Waals surface area contributed by atoms with Crippen molar-refractivity contribution in [1.82, 2.24) is 5.32 Å². The fourth-order valence-corrected chi connectivity index (χ4v) is 3.79. The second-order valence-electron chi connectivity index (χ2n) is 7.95. The van der Waals surface area contributed by atoms with Crippen LogP contribution in [-0.4, -0.2) is 31.6 Å². The normalized spacial score (nSPS) is 15.0. The van der Waals surface area contributed by atoms with E-state index in [1.54, 1.807) is 42.5 Å². The third-order valence-corrected chi connectivity index (χ3v) is 5.69. The number of nitrogens with one attached hydrogen (secondary N) is 1. The standard InChI is InChI=1S/C26H29ClN2O5/c1-3-4-5-6-7-8-15-34-23-14-9-19(27)16-18(23)17-22-24(30)28-26(32)29(25(22)31)20-10-12-21(33-2)13-11-20/h9-14,16-17H,3-8,15H2,1-2H3,(H,28,30,32)/b22-17+. The minimum Gasteiger partial charge on any atom is -0.497 e. The summed E-state index contributed by atoms with van der Waals surface area (Å²) >= 11 is 6.17. The molecule has 1 heterocycles. The molecule has 1 N–H and O–H groups in total. The first kappa shape index (κ1) is 25.3. The lowest BCUT2D eigenvalue weighted by Gasteiger charge is -2.26. The molecule has 34 heavy (non-hydrogen) atoms. The van der Waals surface area contributed by atoms with Crippen molar-refractivity contribution in [2.24, 2.45) is 0 Å².